The van der Waals surface area contributed by atoms with E-state index in [1.807, 2.05) is 37.3 Å². The van der Waals surface area contributed by atoms with Crippen molar-refractivity contribution in [2.45, 2.75) is 32.4 Å². The normalized spacial score (nSPS) is 22.7. The second-order valence-corrected chi connectivity index (χ2v) is 5.27. The summed E-state index contributed by atoms with van der Waals surface area (Å²) < 4.78 is 0. The first kappa shape index (κ1) is 14.4. The Morgan fingerprint density at radius 1 is 1.25 bits per heavy atom. The van der Waals surface area contributed by atoms with Crippen LogP contribution in [0.1, 0.15) is 20.3 Å². The number of carbonyl (C=O) groups is 2. The molecule has 0 radical (unpaired) electrons. The highest BCUT2D eigenvalue weighted by molar-refractivity contribution is 5.74. The maximum atomic E-state index is 11.6. The predicted molar refractivity (Wildman–Crippen MR) is 76.7 cm³/mol. The van der Waals surface area contributed by atoms with E-state index in [2.05, 4.69) is 4.90 Å². The van der Waals surface area contributed by atoms with Gasteiger partial charge in [-0.2, -0.15) is 0 Å². The summed E-state index contributed by atoms with van der Waals surface area (Å²) in [5, 5.41) is 9.11. The molecule has 20 heavy (non-hydrogen) atoms. The Morgan fingerprint density at radius 2 is 1.90 bits per heavy atom. The van der Waals surface area contributed by atoms with Crippen molar-refractivity contribution in [3.8, 4) is 0 Å². The van der Waals surface area contributed by atoms with Crippen LogP contribution in [0, 0.1) is 0 Å². The first-order chi connectivity index (χ1) is 9.49. The molecule has 1 N–H and O–H groups in total. The molecule has 2 atom stereocenters. The molecule has 0 aliphatic carbocycles. The molecule has 2 rings (SSSR count). The van der Waals surface area contributed by atoms with Crippen LogP contribution in [0.15, 0.2) is 30.3 Å². The van der Waals surface area contributed by atoms with Gasteiger partial charge in [-0.25, -0.2) is 0 Å². The summed E-state index contributed by atoms with van der Waals surface area (Å²) in [6.07, 6.45) is 0.0308. The van der Waals surface area contributed by atoms with Gasteiger partial charge in [-0.15, -0.1) is 0 Å². The van der Waals surface area contributed by atoms with Crippen LogP contribution in [-0.4, -0.2) is 47.1 Å². The van der Waals surface area contributed by atoms with E-state index in [-0.39, 0.29) is 24.4 Å². The van der Waals surface area contributed by atoms with E-state index < -0.39 is 5.97 Å². The molecule has 5 nitrogen and oxygen atoms in total. The molecular weight excluding hydrogens is 256 g/mol. The molecule has 0 bridgehead atoms. The molecule has 1 aromatic rings. The number of amides is 1. The molecule has 0 spiro atoms. The van der Waals surface area contributed by atoms with E-state index in [1.165, 1.54) is 6.92 Å². The van der Waals surface area contributed by atoms with Crippen LogP contribution in [0.2, 0.25) is 0 Å². The summed E-state index contributed by atoms with van der Waals surface area (Å²) in [7, 11) is 0. The fourth-order valence-corrected chi connectivity index (χ4v) is 2.87. The number of nitrogens with zero attached hydrogens (tertiary/aromatic N) is 2. The maximum absolute atomic E-state index is 11.6. The van der Waals surface area contributed by atoms with Gasteiger partial charge in [0.05, 0.1) is 12.5 Å². The maximum Gasteiger partial charge on any atom is 0.305 e. The molecule has 1 saturated heterocycles. The van der Waals surface area contributed by atoms with E-state index in [4.69, 9.17) is 5.11 Å². The Kier molecular flexibility index (Phi) is 4.27. The van der Waals surface area contributed by atoms with Crippen LogP contribution in [0.25, 0.3) is 0 Å². The summed E-state index contributed by atoms with van der Waals surface area (Å²) in [6, 6.07) is 9.69. The van der Waals surface area contributed by atoms with Crippen molar-refractivity contribution in [2.24, 2.45) is 0 Å². The molecule has 0 aromatic heterocycles. The average molecular weight is 276 g/mol. The number of aliphatic carboxylic acids is 1. The smallest absolute Gasteiger partial charge is 0.305 e. The van der Waals surface area contributed by atoms with E-state index >= 15 is 0 Å². The van der Waals surface area contributed by atoms with Crippen LogP contribution < -0.4 is 4.90 Å². The van der Waals surface area contributed by atoms with Crippen LogP contribution in [0.5, 0.6) is 0 Å². The number of piperazine rings is 1. The molecule has 5 heteroatoms. The minimum atomic E-state index is -0.839. The van der Waals surface area contributed by atoms with Crippen molar-refractivity contribution >= 4 is 17.6 Å². The highest BCUT2D eigenvalue weighted by atomic mass is 16.4. The second-order valence-electron chi connectivity index (χ2n) is 5.27. The molecule has 108 valence electrons. The Hall–Kier alpha value is -2.04. The van der Waals surface area contributed by atoms with Crippen LogP contribution >= 0.6 is 0 Å². The number of para-hydroxylation sites is 1. The van der Waals surface area contributed by atoms with Crippen LogP contribution in [0.4, 0.5) is 5.69 Å². The third-order valence-corrected chi connectivity index (χ3v) is 3.69. The number of anilines is 1. The van der Waals surface area contributed by atoms with Crippen molar-refractivity contribution in [3.05, 3.63) is 30.3 Å². The third-order valence-electron chi connectivity index (χ3n) is 3.69. The average Bonchev–Trinajstić information content (AvgIpc) is 2.38. The number of carboxylic acid groups (broad SMARTS) is 1. The SMILES string of the molecule is CC(=O)N1C[C@H](CC(=O)O)N(c2ccccc2)[C@H](C)C1. The zero-order chi connectivity index (χ0) is 14.7. The van der Waals surface area contributed by atoms with Crippen LogP contribution in [-0.2, 0) is 9.59 Å². The highest BCUT2D eigenvalue weighted by Crippen LogP contribution is 2.26. The van der Waals surface area contributed by atoms with E-state index in [1.54, 1.807) is 4.90 Å². The molecular formula is C15H20N2O3. The summed E-state index contributed by atoms with van der Waals surface area (Å²) in [6.45, 7) is 4.64. The van der Waals surface area contributed by atoms with Gasteiger partial charge >= 0.3 is 5.97 Å². The standard InChI is InChI=1S/C15H20N2O3/c1-11-9-16(12(2)18)10-14(8-15(19)20)17(11)13-6-4-3-5-7-13/h3-7,11,14H,8-10H2,1-2H3,(H,19,20)/t11-,14+/m1/s1. The lowest BCUT2D eigenvalue weighted by Gasteiger charge is -2.46. The quantitative estimate of drug-likeness (QED) is 0.910. The lowest BCUT2D eigenvalue weighted by Crippen LogP contribution is -2.59. The van der Waals surface area contributed by atoms with Gasteiger partial charge < -0.3 is 14.9 Å². The van der Waals surface area contributed by atoms with Gasteiger partial charge in [-0.3, -0.25) is 9.59 Å². The first-order valence-electron chi connectivity index (χ1n) is 6.79. The van der Waals surface area contributed by atoms with Crippen molar-refractivity contribution in [1.29, 1.82) is 0 Å². The molecule has 1 amide bonds. The van der Waals surface area contributed by atoms with Crippen molar-refractivity contribution in [2.75, 3.05) is 18.0 Å². The number of carboxylic acids is 1. The van der Waals surface area contributed by atoms with Crippen molar-refractivity contribution in [1.82, 2.24) is 4.90 Å². The first-order valence-corrected chi connectivity index (χ1v) is 6.79. The van der Waals surface area contributed by atoms with Gasteiger partial charge in [0.1, 0.15) is 0 Å². The third kappa shape index (κ3) is 3.10. The Labute approximate surface area is 118 Å². The van der Waals surface area contributed by atoms with Gasteiger partial charge in [0.15, 0.2) is 0 Å². The number of hydrogen-bond acceptors (Lipinski definition) is 3. The monoisotopic (exact) mass is 276 g/mol. The molecule has 0 unspecified atom stereocenters. The summed E-state index contributed by atoms with van der Waals surface area (Å²) in [5.41, 5.74) is 1.01. The van der Waals surface area contributed by atoms with Gasteiger partial charge in [-0.1, -0.05) is 18.2 Å². The Morgan fingerprint density at radius 3 is 2.45 bits per heavy atom. The molecule has 1 aliphatic heterocycles. The zero-order valence-corrected chi connectivity index (χ0v) is 11.8. The minimum Gasteiger partial charge on any atom is -0.481 e. The number of rotatable bonds is 3. The van der Waals surface area contributed by atoms with E-state index in [0.717, 1.165) is 5.69 Å². The summed E-state index contributed by atoms with van der Waals surface area (Å²) in [5.74, 6) is -0.839. The van der Waals surface area contributed by atoms with Gasteiger partial charge in [0.25, 0.3) is 0 Å². The Bertz CT molecular complexity index is 489. The minimum absolute atomic E-state index is 0.0000459. The van der Waals surface area contributed by atoms with Gasteiger partial charge in [-0.05, 0) is 19.1 Å². The largest absolute Gasteiger partial charge is 0.481 e. The van der Waals surface area contributed by atoms with Gasteiger partial charge in [0, 0.05) is 31.7 Å². The summed E-state index contributed by atoms with van der Waals surface area (Å²) in [4.78, 5) is 26.5. The van der Waals surface area contributed by atoms with Crippen LogP contribution in [0.3, 0.4) is 0 Å². The lowest BCUT2D eigenvalue weighted by atomic mass is 10.0. The van der Waals surface area contributed by atoms with Crippen molar-refractivity contribution < 1.29 is 14.7 Å². The van der Waals surface area contributed by atoms with Crippen molar-refractivity contribution in [3.63, 3.8) is 0 Å². The number of hydrogen-bond donors (Lipinski definition) is 1. The molecule has 1 fully saturated rings. The lowest BCUT2D eigenvalue weighted by molar-refractivity contribution is -0.139. The topological polar surface area (TPSA) is 60.9 Å². The number of carbonyl (C=O) groups excluding carboxylic acids is 1. The van der Waals surface area contributed by atoms with E-state index in [0.29, 0.717) is 13.1 Å². The molecule has 1 heterocycles. The molecule has 0 saturated carbocycles. The molecule has 1 aromatic carbocycles. The number of benzene rings is 1. The fraction of sp³-hybridized carbons (Fsp3) is 0.467. The predicted octanol–water partition coefficient (Wildman–Crippen LogP) is 1.59. The highest BCUT2D eigenvalue weighted by Gasteiger charge is 2.34. The molecule has 1 aliphatic rings. The van der Waals surface area contributed by atoms with E-state index in [9.17, 15) is 9.59 Å². The second kappa shape index (κ2) is 5.94. The van der Waals surface area contributed by atoms with Gasteiger partial charge in [0.2, 0.25) is 5.91 Å². The zero-order valence-electron chi connectivity index (χ0n) is 11.8. The Balaban J connectivity index is 2.27. The fourth-order valence-electron chi connectivity index (χ4n) is 2.87. The summed E-state index contributed by atoms with van der Waals surface area (Å²) >= 11 is 0.